The first-order chi connectivity index (χ1) is 13.1. The second-order valence-corrected chi connectivity index (χ2v) is 8.61. The minimum atomic E-state index is -3.36. The normalized spacial score (nSPS) is 12.2. The van der Waals surface area contributed by atoms with E-state index in [-0.39, 0.29) is 11.9 Å². The fourth-order valence-electron chi connectivity index (χ4n) is 2.57. The summed E-state index contributed by atoms with van der Waals surface area (Å²) in [5.41, 5.74) is 1.69. The number of hydrogen-bond donors (Lipinski definition) is 1. The molecule has 0 saturated heterocycles. The smallest absolute Gasteiger partial charge is 0.251 e. The molecule has 0 saturated carbocycles. The van der Waals surface area contributed by atoms with Gasteiger partial charge in [-0.05, 0) is 61.9 Å². The van der Waals surface area contributed by atoms with Gasteiger partial charge in [0, 0.05) is 12.6 Å². The second kappa shape index (κ2) is 8.97. The molecule has 0 aliphatic rings. The van der Waals surface area contributed by atoms with E-state index in [0.29, 0.717) is 29.2 Å². The highest BCUT2D eigenvalue weighted by molar-refractivity contribution is 7.92. The predicted molar refractivity (Wildman–Crippen MR) is 110 cm³/mol. The first-order valence-electron chi connectivity index (χ1n) is 8.74. The van der Waals surface area contributed by atoms with E-state index in [1.807, 2.05) is 6.92 Å². The van der Waals surface area contributed by atoms with Crippen LogP contribution in [0.5, 0.6) is 11.5 Å². The Kier molecular flexibility index (Phi) is 6.90. The summed E-state index contributed by atoms with van der Waals surface area (Å²) >= 11 is 0. The summed E-state index contributed by atoms with van der Waals surface area (Å²) in [5, 5.41) is 2.87. The molecule has 0 heterocycles. The first kappa shape index (κ1) is 21.6. The Labute approximate surface area is 166 Å². The Morgan fingerprint density at radius 3 is 2.29 bits per heavy atom. The summed E-state index contributed by atoms with van der Waals surface area (Å²) in [5.74, 6) is 1.18. The highest BCUT2D eigenvalue weighted by Gasteiger charge is 2.17. The summed E-state index contributed by atoms with van der Waals surface area (Å²) in [6.07, 6.45) is 1.14. The van der Waals surface area contributed by atoms with Crippen LogP contribution in [0.3, 0.4) is 0 Å². The third-order valence-corrected chi connectivity index (χ3v) is 5.42. The predicted octanol–water partition coefficient (Wildman–Crippen LogP) is 2.60. The van der Waals surface area contributed by atoms with Gasteiger partial charge in [-0.2, -0.15) is 0 Å². The van der Waals surface area contributed by atoms with E-state index >= 15 is 0 Å². The minimum absolute atomic E-state index is 0.215. The van der Waals surface area contributed by atoms with Crippen molar-refractivity contribution >= 4 is 21.6 Å². The van der Waals surface area contributed by atoms with Crippen LogP contribution in [-0.4, -0.2) is 47.4 Å². The number of amides is 1. The molecule has 7 nitrogen and oxygen atoms in total. The number of rotatable bonds is 8. The lowest BCUT2D eigenvalue weighted by atomic mass is 10.1. The molecule has 1 amide bonds. The van der Waals surface area contributed by atoms with Crippen LogP contribution in [0, 0.1) is 6.92 Å². The number of ether oxygens (including phenoxy) is 2. The number of methoxy groups -OCH3 is 1. The molecular weight excluding hydrogens is 380 g/mol. The van der Waals surface area contributed by atoms with Gasteiger partial charge in [0.2, 0.25) is 10.0 Å². The molecule has 2 aromatic rings. The molecule has 8 heteroatoms. The van der Waals surface area contributed by atoms with E-state index in [9.17, 15) is 13.2 Å². The topological polar surface area (TPSA) is 84.9 Å². The van der Waals surface area contributed by atoms with E-state index < -0.39 is 10.0 Å². The summed E-state index contributed by atoms with van der Waals surface area (Å²) in [4.78, 5) is 12.5. The number of anilines is 1. The lowest BCUT2D eigenvalue weighted by molar-refractivity contribution is 0.0926. The van der Waals surface area contributed by atoms with Crippen LogP contribution in [0.15, 0.2) is 42.5 Å². The Morgan fingerprint density at radius 1 is 1.14 bits per heavy atom. The lowest BCUT2D eigenvalue weighted by Crippen LogP contribution is -2.36. The van der Waals surface area contributed by atoms with E-state index in [4.69, 9.17) is 9.47 Å². The molecule has 1 unspecified atom stereocenters. The monoisotopic (exact) mass is 406 g/mol. The summed E-state index contributed by atoms with van der Waals surface area (Å²) in [6.45, 7) is 3.93. The van der Waals surface area contributed by atoms with Crippen molar-refractivity contribution < 1.29 is 22.7 Å². The number of hydrogen-bond acceptors (Lipinski definition) is 5. The molecule has 1 atom stereocenters. The number of carbonyl (C=O) groups excluding carboxylic acids is 1. The SMILES string of the molecule is COc1ccc(OCC(C)NC(=O)c2ccc(N(C)S(C)(=O)=O)c(C)c2)cc1. The molecule has 1 N–H and O–H groups in total. The van der Waals surface area contributed by atoms with Gasteiger partial charge in [0.25, 0.3) is 5.91 Å². The van der Waals surface area contributed by atoms with Crippen molar-refractivity contribution in [3.8, 4) is 11.5 Å². The van der Waals surface area contributed by atoms with Crippen LogP contribution in [-0.2, 0) is 10.0 Å². The van der Waals surface area contributed by atoms with Crippen LogP contribution in [0.2, 0.25) is 0 Å². The lowest BCUT2D eigenvalue weighted by Gasteiger charge is -2.20. The number of carbonyl (C=O) groups is 1. The van der Waals surface area contributed by atoms with E-state index in [2.05, 4.69) is 5.32 Å². The third-order valence-electron chi connectivity index (χ3n) is 4.23. The van der Waals surface area contributed by atoms with Crippen LogP contribution < -0.4 is 19.1 Å². The number of nitrogens with one attached hydrogen (secondary N) is 1. The van der Waals surface area contributed by atoms with Crippen molar-refractivity contribution in [2.45, 2.75) is 19.9 Å². The fraction of sp³-hybridized carbons (Fsp3) is 0.350. The average molecular weight is 407 g/mol. The molecule has 0 spiro atoms. The van der Waals surface area contributed by atoms with E-state index in [0.717, 1.165) is 12.0 Å². The maximum absolute atomic E-state index is 12.5. The highest BCUT2D eigenvalue weighted by Crippen LogP contribution is 2.22. The van der Waals surface area contributed by atoms with E-state index in [1.165, 1.54) is 11.4 Å². The molecule has 2 aromatic carbocycles. The molecule has 0 fully saturated rings. The number of benzene rings is 2. The zero-order valence-corrected chi connectivity index (χ0v) is 17.5. The van der Waals surface area contributed by atoms with Crippen LogP contribution >= 0.6 is 0 Å². The van der Waals surface area contributed by atoms with Crippen LogP contribution in [0.4, 0.5) is 5.69 Å². The molecule has 28 heavy (non-hydrogen) atoms. The molecular formula is C20H26N2O5S. The number of aryl methyl sites for hydroxylation is 1. The maximum atomic E-state index is 12.5. The van der Waals surface area contributed by atoms with Crippen molar-refractivity contribution in [3.05, 3.63) is 53.6 Å². The largest absolute Gasteiger partial charge is 0.497 e. The van der Waals surface area contributed by atoms with Gasteiger partial charge in [0.15, 0.2) is 0 Å². The van der Waals surface area contributed by atoms with Gasteiger partial charge in [-0.15, -0.1) is 0 Å². The molecule has 0 radical (unpaired) electrons. The Hall–Kier alpha value is -2.74. The van der Waals surface area contributed by atoms with E-state index in [1.54, 1.807) is 56.5 Å². The fourth-order valence-corrected chi connectivity index (χ4v) is 3.13. The molecule has 152 valence electrons. The van der Waals surface area contributed by atoms with Gasteiger partial charge in [0.05, 0.1) is 25.1 Å². The Balaban J connectivity index is 1.96. The van der Waals surface area contributed by atoms with Gasteiger partial charge in [0.1, 0.15) is 18.1 Å². The second-order valence-electron chi connectivity index (χ2n) is 6.59. The minimum Gasteiger partial charge on any atom is -0.497 e. The molecule has 0 aromatic heterocycles. The van der Waals surface area contributed by atoms with Crippen molar-refractivity contribution in [2.24, 2.45) is 0 Å². The summed E-state index contributed by atoms with van der Waals surface area (Å²) < 4.78 is 35.4. The summed E-state index contributed by atoms with van der Waals surface area (Å²) in [7, 11) is -0.280. The van der Waals surface area contributed by atoms with Crippen LogP contribution in [0.25, 0.3) is 0 Å². The van der Waals surface area contributed by atoms with Gasteiger partial charge in [-0.25, -0.2) is 8.42 Å². The number of sulfonamides is 1. The van der Waals surface area contributed by atoms with Crippen molar-refractivity contribution in [1.29, 1.82) is 0 Å². The maximum Gasteiger partial charge on any atom is 0.251 e. The Morgan fingerprint density at radius 2 is 1.75 bits per heavy atom. The molecule has 0 bridgehead atoms. The zero-order valence-electron chi connectivity index (χ0n) is 16.7. The third kappa shape index (κ3) is 5.63. The molecule has 0 aliphatic heterocycles. The number of nitrogens with zero attached hydrogens (tertiary/aromatic N) is 1. The highest BCUT2D eigenvalue weighted by atomic mass is 32.2. The average Bonchev–Trinajstić information content (AvgIpc) is 2.65. The standard InChI is InChI=1S/C20H26N2O5S/c1-14-12-16(6-11-19(14)22(3)28(5,24)25)20(23)21-15(2)13-27-18-9-7-17(26-4)8-10-18/h6-12,15H,13H2,1-5H3,(H,21,23). The first-order valence-corrected chi connectivity index (χ1v) is 10.6. The quantitative estimate of drug-likeness (QED) is 0.728. The van der Waals surface area contributed by atoms with Crippen molar-refractivity contribution in [2.75, 3.05) is 31.3 Å². The van der Waals surface area contributed by atoms with Gasteiger partial charge in [-0.1, -0.05) is 0 Å². The summed E-state index contributed by atoms with van der Waals surface area (Å²) in [6, 6.07) is 11.9. The van der Waals surface area contributed by atoms with Gasteiger partial charge >= 0.3 is 0 Å². The van der Waals surface area contributed by atoms with Crippen molar-refractivity contribution in [1.82, 2.24) is 5.32 Å². The van der Waals surface area contributed by atoms with Crippen LogP contribution in [0.1, 0.15) is 22.8 Å². The zero-order chi connectivity index (χ0) is 20.9. The van der Waals surface area contributed by atoms with Crippen molar-refractivity contribution in [3.63, 3.8) is 0 Å². The van der Waals surface area contributed by atoms with Gasteiger partial charge < -0.3 is 14.8 Å². The Bertz CT molecular complexity index is 926. The van der Waals surface area contributed by atoms with Gasteiger partial charge in [-0.3, -0.25) is 9.10 Å². The molecule has 2 rings (SSSR count). The molecule has 0 aliphatic carbocycles.